The van der Waals surface area contributed by atoms with Crippen LogP contribution in [0.1, 0.15) is 25.0 Å². The first kappa shape index (κ1) is 120. The van der Waals surface area contributed by atoms with Gasteiger partial charge in [0.05, 0.1) is 19.0 Å². The predicted octanol–water partition coefficient (Wildman–Crippen LogP) is 25.4. The van der Waals surface area contributed by atoms with E-state index in [1.807, 2.05) is 103 Å². The summed E-state index contributed by atoms with van der Waals surface area (Å²) in [4.78, 5) is 44.9. The quantitative estimate of drug-likeness (QED) is 0.0405. The number of aromatic nitrogens is 8. The number of carbonyl (C=O) groups excluding carboxylic acids is 1. The molecule has 138 heavy (non-hydrogen) atoms. The monoisotopic (exact) mass is 3110 g/mol. The van der Waals surface area contributed by atoms with Crippen LogP contribution in [0.15, 0.2) is 377 Å². The minimum absolute atomic E-state index is 0. The molecule has 0 saturated carbocycles. The van der Waals surface area contributed by atoms with Gasteiger partial charge in [-0.15, -0.1) is 186 Å². The first-order valence-electron chi connectivity index (χ1n) is 39.5. The van der Waals surface area contributed by atoms with Gasteiger partial charge in [-0.3, -0.25) is 53.1 Å². The summed E-state index contributed by atoms with van der Waals surface area (Å²) in [5.41, 5.74) is 13.9. The van der Waals surface area contributed by atoms with E-state index in [0.717, 1.165) is 104 Å². The molecule has 0 unspecified atom stereocenters. The second-order valence-electron chi connectivity index (χ2n) is 27.0. The average molecular weight is 3100 g/mol. The Hall–Kier alpha value is -11.9. The number of hydrogen-bond acceptors (Lipinski definition) is 13. The Bertz CT molecular complexity index is 6250. The molecule has 0 aliphatic heterocycles. The van der Waals surface area contributed by atoms with E-state index in [1.165, 1.54) is 92.9 Å². The summed E-state index contributed by atoms with van der Waals surface area (Å²) in [7, 11) is 0. The number of anilines is 3. The number of para-hydroxylation sites is 2. The largest absolute Gasteiger partial charge is 0.512 e. The van der Waals surface area contributed by atoms with E-state index in [-0.39, 0.29) is 211 Å². The maximum absolute atomic E-state index is 13.4. The average Bonchev–Trinajstić information content (AvgIpc) is 0.799. The van der Waals surface area contributed by atoms with Gasteiger partial charge in [0.15, 0.2) is 5.78 Å². The van der Waals surface area contributed by atoms with Crippen LogP contribution in [0.4, 0.5) is 65.4 Å². The normalized spacial score (nSPS) is 9.75. The number of benzene rings is 10. The van der Waals surface area contributed by atoms with Crippen LogP contribution < -0.4 is 4.90 Å². The minimum Gasteiger partial charge on any atom is -0.512 e. The van der Waals surface area contributed by atoms with E-state index in [9.17, 15) is 53.1 Å². The fraction of sp³-hybridized carbons (Fsp3) is 0.0374. The van der Waals surface area contributed by atoms with Crippen LogP contribution in [-0.2, 0) is 159 Å². The first-order chi connectivity index (χ1) is 63.6. The van der Waals surface area contributed by atoms with Crippen LogP contribution in [-0.4, -0.2) is 61.0 Å². The number of carbonyl (C=O) groups is 1. The molecule has 31 heteroatoms. The Balaban J connectivity index is 0.000000403. The molecule has 0 aliphatic rings. The number of nitrogens with zero attached hydrogens (tertiary/aromatic N) is 9. The van der Waals surface area contributed by atoms with Crippen LogP contribution in [0.2, 0.25) is 0 Å². The molecule has 3 N–H and O–H groups in total. The van der Waals surface area contributed by atoms with Gasteiger partial charge in [0.2, 0.25) is 0 Å². The van der Waals surface area contributed by atoms with Gasteiger partial charge in [-0.1, -0.05) is 150 Å². The molecule has 719 valence electrons. The Labute approximate surface area is 886 Å². The zero-order valence-corrected chi connectivity index (χ0v) is 88.7. The number of pyridine rings is 8. The SMILES string of the molecule is CC(=O)C=C(C)O.Fc1c[c-]c(-c2cc(N(c3ccccc3)c3ccccc3)ccn2)cc1.Fc1c[c-]c(-c2ccccn2)c(F)c1.Fc1c[c-]c(-c2ccccn2)c(F)c1.Fc1c[c-]c(-c2ccccn2)cc1.Fc1c[c-]c(-c2ccccn2)cc1.Fc1c[c-]c(-c2ccccn2)cc1.OCc1ccnc(-c2[c-]cc(F)cc2)c1.OCc1ccnc(-c2[c-]cc(F)cc2F)c1.[Ir].[Ir].[Ir].[Ir].[Ir].[Ir].[Ir]. The Morgan fingerprint density at radius 1 is 0.268 bits per heavy atom. The van der Waals surface area contributed by atoms with Gasteiger partial charge in [0.25, 0.3) is 0 Å². The van der Waals surface area contributed by atoms with Crippen molar-refractivity contribution in [2.75, 3.05) is 4.90 Å². The third kappa shape index (κ3) is 40.6. The fourth-order valence-electron chi connectivity index (χ4n) is 11.4. The van der Waals surface area contributed by atoms with Gasteiger partial charge >= 0.3 is 0 Å². The van der Waals surface area contributed by atoms with E-state index in [1.54, 1.807) is 128 Å². The maximum atomic E-state index is 13.4. The van der Waals surface area contributed by atoms with E-state index < -0.39 is 34.9 Å². The third-order valence-corrected chi connectivity index (χ3v) is 17.4. The van der Waals surface area contributed by atoms with Crippen molar-refractivity contribution in [3.05, 3.63) is 501 Å². The zero-order chi connectivity index (χ0) is 93.1. The summed E-state index contributed by atoms with van der Waals surface area (Å²) < 4.78 is 141. The van der Waals surface area contributed by atoms with Crippen molar-refractivity contribution >= 4 is 22.8 Å². The topological polar surface area (TPSA) is 184 Å². The fourth-order valence-corrected chi connectivity index (χ4v) is 11.4. The molecule has 18 rings (SSSR count). The number of rotatable bonds is 14. The molecular weight excluding hydrogens is 3030 g/mol. The smallest absolute Gasteiger partial charge is 0.155 e. The van der Waals surface area contributed by atoms with Gasteiger partial charge in [-0.2, -0.15) is 0 Å². The summed E-state index contributed by atoms with van der Waals surface area (Å²) in [6, 6.07) is 107. The number of allylic oxidation sites excluding steroid dienone is 2. The van der Waals surface area contributed by atoms with E-state index in [4.69, 9.17) is 15.3 Å². The molecule has 0 aliphatic carbocycles. The molecule has 7 radical (unpaired) electrons. The number of ketones is 1. The molecule has 0 spiro atoms. The standard InChI is InChI=1S/C23H16FN2.C12H8F2NO.C12H9FNO.2C11H6F2N.3C11H7FN.C5H8O2.7Ir/c24-19-13-11-18(12-14-19)23-17-22(15-16-25-23)26(20-7-3-1-4-8-20)21-9-5-2-6-10-21;13-9-1-2-10(11(14)6-9)12-5-8(7-16)3-4-15-12;13-11-3-1-10(2-4-11)12-7-9(8-15)5-6-14-12;2*12-8-4-5-9(10(13)7-8)11-3-1-2-6-14-11;3*12-10-6-4-9(5-7-10)11-3-1-2-8-13-11;1-4(6)3-5(2)7;;;;;;;/h1-11,13-17H;1,3-6,16H,7H2;1,3-7,15H,8H2;2*1-4,6-7H;3*1-4,6-8H;3,6H,1-2H3;;;;;;;/q8*-1;;;;;;;;. The van der Waals surface area contributed by atoms with Crippen molar-refractivity contribution in [1.29, 1.82) is 0 Å². The van der Waals surface area contributed by atoms with Gasteiger partial charge in [-0.25, -0.2) is 0 Å². The minimum atomic E-state index is -0.720. The zero-order valence-electron chi connectivity index (χ0n) is 71.9. The molecule has 8 heterocycles. The Kier molecular flexibility index (Phi) is 56.7. The van der Waals surface area contributed by atoms with Crippen LogP contribution in [0, 0.1) is 113 Å². The second-order valence-corrected chi connectivity index (χ2v) is 27.0. The number of aliphatic hydroxyl groups is 3. The van der Waals surface area contributed by atoms with Crippen LogP contribution in [0.25, 0.3) is 90.1 Å². The van der Waals surface area contributed by atoms with Gasteiger partial charge in [-0.05, 0) is 143 Å². The van der Waals surface area contributed by atoms with E-state index in [0.29, 0.717) is 33.9 Å². The van der Waals surface area contributed by atoms with Crippen LogP contribution in [0.3, 0.4) is 0 Å². The molecule has 0 saturated heterocycles. The summed E-state index contributed by atoms with van der Waals surface area (Å²) in [5.74, 6) is -5.50. The molecule has 18 aromatic rings. The van der Waals surface area contributed by atoms with Gasteiger partial charge < -0.3 is 60.1 Å². The molecule has 8 aromatic heterocycles. The number of aliphatic hydroxyl groups excluding tert-OH is 3. The van der Waals surface area contributed by atoms with Crippen LogP contribution >= 0.6 is 0 Å². The van der Waals surface area contributed by atoms with Gasteiger partial charge in [0, 0.05) is 277 Å². The summed E-state index contributed by atoms with van der Waals surface area (Å²) >= 11 is 0. The molecule has 0 fully saturated rings. The molecule has 10 aromatic carbocycles. The molecule has 0 bridgehead atoms. The first-order valence-corrected chi connectivity index (χ1v) is 39.5. The van der Waals surface area contributed by atoms with Crippen LogP contribution in [0.5, 0.6) is 0 Å². The summed E-state index contributed by atoms with van der Waals surface area (Å²) in [6.07, 6.45) is 14.2. The summed E-state index contributed by atoms with van der Waals surface area (Å²) in [5, 5.41) is 26.2. The third-order valence-electron chi connectivity index (χ3n) is 17.4. The molecule has 0 amide bonds. The van der Waals surface area contributed by atoms with E-state index >= 15 is 0 Å². The molecule has 13 nitrogen and oxygen atoms in total. The molecule has 0 atom stereocenters. The maximum Gasteiger partial charge on any atom is 0.155 e. The second kappa shape index (κ2) is 65.1. The Morgan fingerprint density at radius 2 is 0.522 bits per heavy atom. The van der Waals surface area contributed by atoms with Gasteiger partial charge in [0.1, 0.15) is 0 Å². The summed E-state index contributed by atoms with van der Waals surface area (Å²) in [6.45, 7) is 2.66. The number of halogens is 11. The Morgan fingerprint density at radius 3 is 0.783 bits per heavy atom. The van der Waals surface area contributed by atoms with Crippen molar-refractivity contribution < 1.29 is 209 Å². The number of hydrogen-bond donors (Lipinski definition) is 3. The van der Waals surface area contributed by atoms with E-state index in [2.05, 4.69) is 118 Å². The molecular formula is C107H74F11Ir7N9O4-8. The van der Waals surface area contributed by atoms with Crippen molar-refractivity contribution in [1.82, 2.24) is 39.9 Å². The van der Waals surface area contributed by atoms with Crippen molar-refractivity contribution in [2.24, 2.45) is 0 Å². The van der Waals surface area contributed by atoms with Crippen molar-refractivity contribution in [3.8, 4) is 90.1 Å². The predicted molar refractivity (Wildman–Crippen MR) is 481 cm³/mol. The van der Waals surface area contributed by atoms with Crippen molar-refractivity contribution in [2.45, 2.75) is 27.1 Å². The van der Waals surface area contributed by atoms with Crippen molar-refractivity contribution in [3.63, 3.8) is 0 Å².